The van der Waals surface area contributed by atoms with Gasteiger partial charge in [-0.3, -0.25) is 9.80 Å². The lowest BCUT2D eigenvalue weighted by Crippen LogP contribution is -2.49. The molecule has 1 aromatic rings. The smallest absolute Gasteiger partial charge is 0.299 e. The third kappa shape index (κ3) is 3.17. The molecule has 1 aliphatic carbocycles. The van der Waals surface area contributed by atoms with Crippen LogP contribution in [0.3, 0.4) is 0 Å². The highest BCUT2D eigenvalue weighted by molar-refractivity contribution is 9.10. The Labute approximate surface area is 151 Å². The van der Waals surface area contributed by atoms with Crippen molar-refractivity contribution in [3.63, 3.8) is 0 Å². The normalized spacial score (nSPS) is 25.4. The molecule has 0 amide bonds. The number of benzene rings is 1. The Balaban J connectivity index is 2.08. The van der Waals surface area contributed by atoms with E-state index in [9.17, 15) is 18.0 Å². The molecule has 2 atom stereocenters. The van der Waals surface area contributed by atoms with E-state index in [4.69, 9.17) is 5.26 Å². The number of ketones is 1. The van der Waals surface area contributed by atoms with E-state index in [-0.39, 0.29) is 6.42 Å². The van der Waals surface area contributed by atoms with Crippen molar-refractivity contribution in [2.75, 3.05) is 5.01 Å². The number of hydrazone groups is 1. The number of rotatable bonds is 1. The van der Waals surface area contributed by atoms with Gasteiger partial charge < -0.3 is 0 Å². The number of anilines is 1. The number of halogens is 4. The Bertz CT molecular complexity index is 810. The van der Waals surface area contributed by atoms with E-state index < -0.39 is 35.0 Å². The fourth-order valence-corrected chi connectivity index (χ4v) is 4.04. The zero-order chi connectivity index (χ0) is 18.6. The third-order valence-electron chi connectivity index (χ3n) is 4.60. The van der Waals surface area contributed by atoms with Crippen LogP contribution < -0.4 is 5.01 Å². The Morgan fingerprint density at radius 3 is 2.64 bits per heavy atom. The highest BCUT2D eigenvalue weighted by atomic mass is 79.9. The molecule has 1 fully saturated rings. The average molecular weight is 414 g/mol. The van der Waals surface area contributed by atoms with E-state index in [1.54, 1.807) is 12.1 Å². The van der Waals surface area contributed by atoms with Gasteiger partial charge in [0, 0.05) is 10.9 Å². The van der Waals surface area contributed by atoms with Crippen LogP contribution in [0.5, 0.6) is 0 Å². The van der Waals surface area contributed by atoms with E-state index in [1.165, 1.54) is 11.1 Å². The monoisotopic (exact) mass is 413 g/mol. The second-order valence-electron chi connectivity index (χ2n) is 7.16. The summed E-state index contributed by atoms with van der Waals surface area (Å²) in [7, 11) is 0. The standard InChI is InChI=1S/C17H15BrF3N3O/c1-16(2)6-12-14(13(25)7-16)15(17(19,20)21)23-24(12)10-4-3-9(8-22)11(18)5-10/h3-5,12,14H,6-7H2,1-2H3. The molecule has 0 N–H and O–H groups in total. The van der Waals surface area contributed by atoms with E-state index in [1.807, 2.05) is 19.9 Å². The molecule has 132 valence electrons. The molecule has 25 heavy (non-hydrogen) atoms. The van der Waals surface area contributed by atoms with Crippen molar-refractivity contribution >= 4 is 33.1 Å². The third-order valence-corrected chi connectivity index (χ3v) is 5.25. The van der Waals surface area contributed by atoms with Crippen LogP contribution in [0.1, 0.15) is 32.3 Å². The number of fused-ring (bicyclic) bond motifs is 1. The number of carbonyl (C=O) groups is 1. The van der Waals surface area contributed by atoms with Gasteiger partial charge in [0.15, 0.2) is 5.71 Å². The maximum absolute atomic E-state index is 13.4. The molecule has 1 aliphatic heterocycles. The summed E-state index contributed by atoms with van der Waals surface area (Å²) in [6.07, 6.45) is -4.13. The minimum atomic E-state index is -4.65. The van der Waals surface area contributed by atoms with Gasteiger partial charge in [0.2, 0.25) is 0 Å². The van der Waals surface area contributed by atoms with Crippen LogP contribution >= 0.6 is 15.9 Å². The fourth-order valence-electron chi connectivity index (χ4n) is 3.59. The number of Topliss-reactive ketones (excluding diaryl/α,β-unsaturated/α-hetero) is 1. The Morgan fingerprint density at radius 2 is 2.08 bits per heavy atom. The predicted molar refractivity (Wildman–Crippen MR) is 90.1 cm³/mol. The molecule has 1 saturated carbocycles. The number of hydrogen-bond acceptors (Lipinski definition) is 4. The molecule has 4 nitrogen and oxygen atoms in total. The van der Waals surface area contributed by atoms with Gasteiger partial charge in [0.05, 0.1) is 23.2 Å². The molecule has 2 aliphatic rings. The summed E-state index contributed by atoms with van der Waals surface area (Å²) >= 11 is 3.24. The first-order valence-corrected chi connectivity index (χ1v) is 8.50. The summed E-state index contributed by atoms with van der Waals surface area (Å²) in [6.45, 7) is 3.75. The summed E-state index contributed by atoms with van der Waals surface area (Å²) in [5.41, 5.74) is -0.625. The molecule has 2 unspecified atom stereocenters. The summed E-state index contributed by atoms with van der Waals surface area (Å²) in [4.78, 5) is 12.4. The zero-order valence-electron chi connectivity index (χ0n) is 13.6. The molecule has 0 aromatic heterocycles. The van der Waals surface area contributed by atoms with Crippen molar-refractivity contribution in [2.24, 2.45) is 16.4 Å². The van der Waals surface area contributed by atoms with Crippen LogP contribution in [0.15, 0.2) is 27.8 Å². The van der Waals surface area contributed by atoms with Crippen molar-refractivity contribution in [3.8, 4) is 6.07 Å². The van der Waals surface area contributed by atoms with Gasteiger partial charge in [-0.2, -0.15) is 23.5 Å². The average Bonchev–Trinajstić information content (AvgIpc) is 2.85. The SMILES string of the molecule is CC1(C)CC(=O)C2C(C(F)(F)F)=NN(c3ccc(C#N)c(Br)c3)C2C1. The molecule has 1 heterocycles. The van der Waals surface area contributed by atoms with Crippen LogP contribution in [-0.2, 0) is 4.79 Å². The summed E-state index contributed by atoms with van der Waals surface area (Å²) in [5, 5.41) is 14.1. The lowest BCUT2D eigenvalue weighted by Gasteiger charge is -2.39. The van der Waals surface area contributed by atoms with E-state index in [0.717, 1.165) is 0 Å². The molecule has 1 aromatic carbocycles. The Hall–Kier alpha value is -1.88. The number of alkyl halides is 3. The van der Waals surface area contributed by atoms with Gasteiger partial charge in [-0.15, -0.1) is 0 Å². The van der Waals surface area contributed by atoms with Crippen LogP contribution in [0.2, 0.25) is 0 Å². The lowest BCUT2D eigenvalue weighted by atomic mass is 9.68. The van der Waals surface area contributed by atoms with Crippen molar-refractivity contribution in [2.45, 2.75) is 38.9 Å². The predicted octanol–water partition coefficient (Wildman–Crippen LogP) is 4.43. The first kappa shape index (κ1) is 17.9. The van der Waals surface area contributed by atoms with Crippen LogP contribution in [-0.4, -0.2) is 23.7 Å². The Morgan fingerprint density at radius 1 is 1.40 bits per heavy atom. The van der Waals surface area contributed by atoms with Crippen LogP contribution in [0.4, 0.5) is 18.9 Å². The first-order valence-electron chi connectivity index (χ1n) is 7.71. The highest BCUT2D eigenvalue weighted by Crippen LogP contribution is 2.46. The van der Waals surface area contributed by atoms with Gasteiger partial charge in [-0.1, -0.05) is 13.8 Å². The number of nitriles is 1. The zero-order valence-corrected chi connectivity index (χ0v) is 15.1. The highest BCUT2D eigenvalue weighted by Gasteiger charge is 2.56. The first-order chi connectivity index (χ1) is 11.5. The minimum Gasteiger partial charge on any atom is -0.299 e. The molecule has 0 spiro atoms. The van der Waals surface area contributed by atoms with Gasteiger partial charge in [-0.25, -0.2) is 0 Å². The van der Waals surface area contributed by atoms with Crippen molar-refractivity contribution in [3.05, 3.63) is 28.2 Å². The maximum Gasteiger partial charge on any atom is 0.432 e. The topological polar surface area (TPSA) is 56.5 Å². The second kappa shape index (κ2) is 5.84. The number of carbonyl (C=O) groups excluding carboxylic acids is 1. The Kier molecular flexibility index (Phi) is 4.18. The van der Waals surface area contributed by atoms with Crippen molar-refractivity contribution in [1.29, 1.82) is 5.26 Å². The quantitative estimate of drug-likeness (QED) is 0.683. The molecule has 0 radical (unpaired) electrons. The number of nitrogens with zero attached hydrogens (tertiary/aromatic N) is 3. The molecule has 3 rings (SSSR count). The molecule has 8 heteroatoms. The van der Waals surface area contributed by atoms with E-state index in [0.29, 0.717) is 22.1 Å². The van der Waals surface area contributed by atoms with E-state index >= 15 is 0 Å². The van der Waals surface area contributed by atoms with Gasteiger partial charge in [0.1, 0.15) is 11.9 Å². The summed E-state index contributed by atoms with van der Waals surface area (Å²) in [5.74, 6) is -1.69. The maximum atomic E-state index is 13.4. The summed E-state index contributed by atoms with van der Waals surface area (Å²) in [6, 6.07) is 5.94. The van der Waals surface area contributed by atoms with Gasteiger partial charge in [-0.05, 0) is 46.0 Å². The molecule has 0 bridgehead atoms. The van der Waals surface area contributed by atoms with Crippen LogP contribution in [0.25, 0.3) is 0 Å². The van der Waals surface area contributed by atoms with Gasteiger partial charge in [0.25, 0.3) is 0 Å². The minimum absolute atomic E-state index is 0.105. The summed E-state index contributed by atoms with van der Waals surface area (Å²) < 4.78 is 40.7. The number of hydrogen-bond donors (Lipinski definition) is 0. The van der Waals surface area contributed by atoms with Gasteiger partial charge >= 0.3 is 6.18 Å². The largest absolute Gasteiger partial charge is 0.432 e. The van der Waals surface area contributed by atoms with E-state index in [2.05, 4.69) is 21.0 Å². The molecular weight excluding hydrogens is 399 g/mol. The lowest BCUT2D eigenvalue weighted by molar-refractivity contribution is -0.127. The molecular formula is C17H15BrF3N3O. The molecule has 0 saturated heterocycles. The van der Waals surface area contributed by atoms with Crippen LogP contribution in [0, 0.1) is 22.7 Å². The fraction of sp³-hybridized carbons (Fsp3) is 0.471. The second-order valence-corrected chi connectivity index (χ2v) is 8.01. The van der Waals surface area contributed by atoms with Crippen molar-refractivity contribution < 1.29 is 18.0 Å². The van der Waals surface area contributed by atoms with Crippen molar-refractivity contribution in [1.82, 2.24) is 0 Å².